The van der Waals surface area contributed by atoms with Gasteiger partial charge in [0.15, 0.2) is 0 Å². The van der Waals surface area contributed by atoms with Gasteiger partial charge in [-0.25, -0.2) is 4.39 Å². The number of amides is 1. The second-order valence-electron chi connectivity index (χ2n) is 7.22. The van der Waals surface area contributed by atoms with Gasteiger partial charge in [0.25, 0.3) is 0 Å². The van der Waals surface area contributed by atoms with E-state index in [4.69, 9.17) is 23.2 Å². The standard InChI is InChI=1S/C22H25Cl2FN2OS/c23-18-6-4-16(5-7-18)14-27-11-8-17(9-12-27)22(28)26-10-13-29-15-19-20(24)2-1-3-21(19)25/h1-7,17H,8-15H2,(H,26,28). The minimum Gasteiger partial charge on any atom is -0.355 e. The SMILES string of the molecule is O=C(NCCSCc1c(F)cccc1Cl)C1CCN(Cc2ccc(Cl)cc2)CC1. The molecule has 0 aliphatic carbocycles. The van der Waals surface area contributed by atoms with E-state index in [-0.39, 0.29) is 17.6 Å². The van der Waals surface area contributed by atoms with Crippen LogP contribution >= 0.6 is 35.0 Å². The fraction of sp³-hybridized carbons (Fsp3) is 0.409. The van der Waals surface area contributed by atoms with Gasteiger partial charge < -0.3 is 5.32 Å². The first-order valence-electron chi connectivity index (χ1n) is 9.78. The summed E-state index contributed by atoms with van der Waals surface area (Å²) < 4.78 is 13.7. The molecule has 1 fully saturated rings. The number of thioether (sulfide) groups is 1. The molecule has 1 saturated heterocycles. The molecule has 0 atom stereocenters. The van der Waals surface area contributed by atoms with Crippen molar-refractivity contribution in [2.24, 2.45) is 5.92 Å². The highest BCUT2D eigenvalue weighted by molar-refractivity contribution is 7.98. The summed E-state index contributed by atoms with van der Waals surface area (Å²) in [5, 5.41) is 4.22. The molecule has 1 N–H and O–H groups in total. The zero-order valence-electron chi connectivity index (χ0n) is 16.2. The van der Waals surface area contributed by atoms with Crippen molar-refractivity contribution in [2.45, 2.75) is 25.1 Å². The van der Waals surface area contributed by atoms with Gasteiger partial charge >= 0.3 is 0 Å². The van der Waals surface area contributed by atoms with Crippen LogP contribution in [-0.2, 0) is 17.1 Å². The van der Waals surface area contributed by atoms with Gasteiger partial charge in [0.2, 0.25) is 5.91 Å². The van der Waals surface area contributed by atoms with Crippen LogP contribution in [0.25, 0.3) is 0 Å². The Morgan fingerprint density at radius 3 is 2.55 bits per heavy atom. The third-order valence-electron chi connectivity index (χ3n) is 5.13. The summed E-state index contributed by atoms with van der Waals surface area (Å²) in [5.74, 6) is 1.15. The van der Waals surface area contributed by atoms with Crippen LogP contribution in [0.5, 0.6) is 0 Å². The van der Waals surface area contributed by atoms with Crippen LogP contribution < -0.4 is 5.32 Å². The lowest BCUT2D eigenvalue weighted by Crippen LogP contribution is -2.40. The van der Waals surface area contributed by atoms with E-state index < -0.39 is 0 Å². The maximum Gasteiger partial charge on any atom is 0.223 e. The van der Waals surface area contributed by atoms with Crippen molar-refractivity contribution in [1.29, 1.82) is 0 Å². The second-order valence-corrected chi connectivity index (χ2v) is 9.17. The molecule has 0 aromatic heterocycles. The molecule has 2 aromatic carbocycles. The van der Waals surface area contributed by atoms with Crippen molar-refractivity contribution in [1.82, 2.24) is 10.2 Å². The smallest absolute Gasteiger partial charge is 0.223 e. The molecule has 0 bridgehead atoms. The number of hydrogen-bond acceptors (Lipinski definition) is 3. The zero-order chi connectivity index (χ0) is 20.6. The van der Waals surface area contributed by atoms with E-state index in [1.165, 1.54) is 11.6 Å². The number of nitrogens with one attached hydrogen (secondary N) is 1. The molecule has 1 aliphatic rings. The summed E-state index contributed by atoms with van der Waals surface area (Å²) in [6.45, 7) is 3.31. The highest BCUT2D eigenvalue weighted by atomic mass is 35.5. The van der Waals surface area contributed by atoms with Crippen LogP contribution in [0.4, 0.5) is 4.39 Å². The zero-order valence-corrected chi connectivity index (χ0v) is 18.5. The molecule has 156 valence electrons. The minimum atomic E-state index is -0.278. The van der Waals surface area contributed by atoms with Gasteiger partial charge in [-0.2, -0.15) is 11.8 Å². The number of hydrogen-bond donors (Lipinski definition) is 1. The summed E-state index contributed by atoms with van der Waals surface area (Å²) >= 11 is 13.5. The number of rotatable bonds is 8. The summed E-state index contributed by atoms with van der Waals surface area (Å²) in [7, 11) is 0. The lowest BCUT2D eigenvalue weighted by molar-refractivity contribution is -0.126. The molecule has 0 saturated carbocycles. The monoisotopic (exact) mass is 454 g/mol. The lowest BCUT2D eigenvalue weighted by atomic mass is 9.95. The highest BCUT2D eigenvalue weighted by Gasteiger charge is 2.24. The summed E-state index contributed by atoms with van der Waals surface area (Å²) in [4.78, 5) is 14.8. The van der Waals surface area contributed by atoms with Crippen molar-refractivity contribution in [2.75, 3.05) is 25.4 Å². The fourth-order valence-corrected chi connectivity index (χ4v) is 4.76. The van der Waals surface area contributed by atoms with Crippen molar-refractivity contribution in [3.63, 3.8) is 0 Å². The molecule has 1 amide bonds. The van der Waals surface area contributed by atoms with Crippen molar-refractivity contribution >= 4 is 40.9 Å². The van der Waals surface area contributed by atoms with Crippen molar-refractivity contribution in [3.8, 4) is 0 Å². The van der Waals surface area contributed by atoms with Crippen LogP contribution in [0.1, 0.15) is 24.0 Å². The Morgan fingerprint density at radius 2 is 1.86 bits per heavy atom. The van der Waals surface area contributed by atoms with Crippen LogP contribution in [-0.4, -0.2) is 36.2 Å². The summed E-state index contributed by atoms with van der Waals surface area (Å²) in [5.41, 5.74) is 1.77. The first-order chi connectivity index (χ1) is 14.0. The van der Waals surface area contributed by atoms with E-state index >= 15 is 0 Å². The fourth-order valence-electron chi connectivity index (χ4n) is 3.44. The van der Waals surface area contributed by atoms with E-state index in [0.29, 0.717) is 22.9 Å². The third-order valence-corrected chi connectivity index (χ3v) is 6.72. The van der Waals surface area contributed by atoms with Crippen LogP contribution in [0, 0.1) is 11.7 Å². The van der Waals surface area contributed by atoms with Crippen molar-refractivity contribution < 1.29 is 9.18 Å². The van der Waals surface area contributed by atoms with Crippen LogP contribution in [0.3, 0.4) is 0 Å². The topological polar surface area (TPSA) is 32.3 Å². The van der Waals surface area contributed by atoms with Gasteiger partial charge in [0, 0.05) is 46.1 Å². The van der Waals surface area contributed by atoms with E-state index in [1.54, 1.807) is 23.9 Å². The first-order valence-corrected chi connectivity index (χ1v) is 11.7. The largest absolute Gasteiger partial charge is 0.355 e. The quantitative estimate of drug-likeness (QED) is 0.542. The van der Waals surface area contributed by atoms with Gasteiger partial charge in [0.05, 0.1) is 0 Å². The Morgan fingerprint density at radius 1 is 1.14 bits per heavy atom. The van der Waals surface area contributed by atoms with E-state index in [9.17, 15) is 9.18 Å². The number of carbonyl (C=O) groups is 1. The highest BCUT2D eigenvalue weighted by Crippen LogP contribution is 2.24. The predicted octanol–water partition coefficient (Wildman–Crippen LogP) is 5.39. The van der Waals surface area contributed by atoms with E-state index in [0.717, 1.165) is 43.3 Å². The van der Waals surface area contributed by atoms with Gasteiger partial charge in [-0.15, -0.1) is 0 Å². The van der Waals surface area contributed by atoms with Crippen LogP contribution in [0.15, 0.2) is 42.5 Å². The maximum absolute atomic E-state index is 13.7. The molecular formula is C22H25Cl2FN2OS. The average molecular weight is 455 g/mol. The van der Waals surface area contributed by atoms with Crippen LogP contribution in [0.2, 0.25) is 10.0 Å². The molecule has 1 aliphatic heterocycles. The molecule has 0 unspecified atom stereocenters. The van der Waals surface area contributed by atoms with Gasteiger partial charge in [0.1, 0.15) is 5.82 Å². The number of nitrogens with zero attached hydrogens (tertiary/aromatic N) is 1. The molecule has 29 heavy (non-hydrogen) atoms. The average Bonchev–Trinajstić information content (AvgIpc) is 2.72. The number of piperidine rings is 1. The first kappa shape index (κ1) is 22.4. The molecule has 0 spiro atoms. The molecule has 3 nitrogen and oxygen atoms in total. The van der Waals surface area contributed by atoms with E-state index in [1.807, 2.05) is 24.3 Å². The van der Waals surface area contributed by atoms with Gasteiger partial charge in [-0.1, -0.05) is 41.4 Å². The van der Waals surface area contributed by atoms with Gasteiger partial charge in [-0.3, -0.25) is 9.69 Å². The van der Waals surface area contributed by atoms with Gasteiger partial charge in [-0.05, 0) is 55.8 Å². The molecule has 0 radical (unpaired) electrons. The molecular weight excluding hydrogens is 430 g/mol. The Hall–Kier alpha value is -1.27. The molecule has 1 heterocycles. The minimum absolute atomic E-state index is 0.0717. The number of likely N-dealkylation sites (tertiary alicyclic amines) is 1. The molecule has 3 rings (SSSR count). The Labute approximate surface area is 185 Å². The number of carbonyl (C=O) groups excluding carboxylic acids is 1. The second kappa shape index (κ2) is 11.2. The Bertz CT molecular complexity index is 791. The Balaban J connectivity index is 1.32. The lowest BCUT2D eigenvalue weighted by Gasteiger charge is -2.31. The van der Waals surface area contributed by atoms with Crippen molar-refractivity contribution in [3.05, 3.63) is 69.5 Å². The number of benzene rings is 2. The summed E-state index contributed by atoms with van der Waals surface area (Å²) in [6, 6.07) is 12.6. The molecule has 7 heteroatoms. The predicted molar refractivity (Wildman–Crippen MR) is 120 cm³/mol. The maximum atomic E-state index is 13.7. The molecule has 2 aromatic rings. The summed E-state index contributed by atoms with van der Waals surface area (Å²) in [6.07, 6.45) is 1.74. The Kier molecular flexibility index (Phi) is 8.67. The van der Waals surface area contributed by atoms with E-state index in [2.05, 4.69) is 10.2 Å². The number of halogens is 3. The normalized spacial score (nSPS) is 15.4. The third kappa shape index (κ3) is 6.88.